The van der Waals surface area contributed by atoms with Crippen LogP contribution in [0.15, 0.2) is 36.9 Å². The van der Waals surface area contributed by atoms with Crippen LogP contribution >= 0.6 is 11.6 Å². The molecule has 0 aliphatic carbocycles. The van der Waals surface area contributed by atoms with Gasteiger partial charge in [-0.25, -0.2) is 0 Å². The Balaban J connectivity index is 3.19. The molecule has 0 heterocycles. The van der Waals surface area contributed by atoms with Crippen LogP contribution in [0.1, 0.15) is 19.4 Å². The summed E-state index contributed by atoms with van der Waals surface area (Å²) in [6, 6.07) is 7.26. The summed E-state index contributed by atoms with van der Waals surface area (Å²) in [6.07, 6.45) is 1.67. The average molecular weight is 209 g/mol. The van der Waals surface area contributed by atoms with Crippen molar-refractivity contribution in [2.45, 2.75) is 19.3 Å². The fourth-order valence-electron chi connectivity index (χ4n) is 1.26. The summed E-state index contributed by atoms with van der Waals surface area (Å²) in [4.78, 5) is 11.5. The van der Waals surface area contributed by atoms with E-state index in [0.717, 1.165) is 5.56 Å². The van der Waals surface area contributed by atoms with Crippen LogP contribution in [0.4, 0.5) is 0 Å². The molecule has 1 atom stereocenters. The summed E-state index contributed by atoms with van der Waals surface area (Å²) in [5, 5.41) is 0.670. The van der Waals surface area contributed by atoms with Crippen molar-refractivity contribution in [2.24, 2.45) is 0 Å². The fraction of sp³-hybridized carbons (Fsp3) is 0.250. The molecule has 0 saturated heterocycles. The molecule has 1 aromatic rings. The Hall–Kier alpha value is -1.08. The Kier molecular flexibility index (Phi) is 3.12. The zero-order valence-corrected chi connectivity index (χ0v) is 9.14. The number of hydrogen-bond acceptors (Lipinski definition) is 1. The van der Waals surface area contributed by atoms with Crippen molar-refractivity contribution in [1.29, 1.82) is 0 Å². The standard InChI is InChI=1S/C12H13ClO/c1-4-12(3,9(2)14)10-5-7-11(13)8-6-10/h4-8H,1H2,2-3H3/t12-/m1/s1. The molecule has 1 aromatic carbocycles. The molecule has 14 heavy (non-hydrogen) atoms. The SMILES string of the molecule is C=C[C@](C)(C(C)=O)c1ccc(Cl)cc1. The van der Waals surface area contributed by atoms with Crippen molar-refractivity contribution in [3.05, 3.63) is 47.5 Å². The van der Waals surface area contributed by atoms with Crippen molar-refractivity contribution >= 4 is 17.4 Å². The predicted molar refractivity (Wildman–Crippen MR) is 59.7 cm³/mol. The summed E-state index contributed by atoms with van der Waals surface area (Å²) in [6.45, 7) is 7.12. The van der Waals surface area contributed by atoms with Crippen LogP contribution in [-0.4, -0.2) is 5.78 Å². The van der Waals surface area contributed by atoms with Gasteiger partial charge in [0.05, 0.1) is 5.41 Å². The summed E-state index contributed by atoms with van der Waals surface area (Å²) < 4.78 is 0. The van der Waals surface area contributed by atoms with Crippen molar-refractivity contribution < 1.29 is 4.79 Å². The van der Waals surface area contributed by atoms with E-state index in [2.05, 4.69) is 6.58 Å². The predicted octanol–water partition coefficient (Wildman–Crippen LogP) is 3.37. The van der Waals surface area contributed by atoms with Crippen LogP contribution in [0, 0.1) is 0 Å². The molecule has 0 spiro atoms. The molecule has 0 unspecified atom stereocenters. The molecular weight excluding hydrogens is 196 g/mol. The van der Waals surface area contributed by atoms with Crippen LogP contribution < -0.4 is 0 Å². The highest BCUT2D eigenvalue weighted by Gasteiger charge is 2.27. The molecule has 0 aromatic heterocycles. The topological polar surface area (TPSA) is 17.1 Å². The monoisotopic (exact) mass is 208 g/mol. The zero-order chi connectivity index (χ0) is 10.8. The molecule has 0 aliphatic rings. The molecule has 1 rings (SSSR count). The minimum atomic E-state index is -0.607. The van der Waals surface area contributed by atoms with Crippen molar-refractivity contribution in [3.63, 3.8) is 0 Å². The molecule has 2 heteroatoms. The van der Waals surface area contributed by atoms with Gasteiger partial charge < -0.3 is 0 Å². The smallest absolute Gasteiger partial charge is 0.143 e. The second kappa shape index (κ2) is 3.97. The molecule has 0 aliphatic heterocycles. The summed E-state index contributed by atoms with van der Waals surface area (Å²) in [5.74, 6) is 0.0785. The third-order valence-corrected chi connectivity index (χ3v) is 2.84. The maximum Gasteiger partial charge on any atom is 0.143 e. The van der Waals surface area contributed by atoms with Crippen molar-refractivity contribution in [2.75, 3.05) is 0 Å². The van der Waals surface area contributed by atoms with Gasteiger partial charge in [-0.3, -0.25) is 4.79 Å². The molecule has 0 N–H and O–H groups in total. The lowest BCUT2D eigenvalue weighted by Gasteiger charge is -2.22. The lowest BCUT2D eigenvalue weighted by molar-refractivity contribution is -0.120. The first-order chi connectivity index (χ1) is 6.50. The van der Waals surface area contributed by atoms with Crippen LogP contribution in [-0.2, 0) is 10.2 Å². The minimum absolute atomic E-state index is 0.0785. The van der Waals surface area contributed by atoms with Gasteiger partial charge >= 0.3 is 0 Å². The lowest BCUT2D eigenvalue weighted by Crippen LogP contribution is -2.27. The number of ketones is 1. The Bertz CT molecular complexity index is 353. The number of benzene rings is 1. The normalized spacial score (nSPS) is 14.5. The lowest BCUT2D eigenvalue weighted by atomic mass is 9.79. The highest BCUT2D eigenvalue weighted by Crippen LogP contribution is 2.27. The van der Waals surface area contributed by atoms with Crippen LogP contribution in [0.3, 0.4) is 0 Å². The molecule has 0 amide bonds. The minimum Gasteiger partial charge on any atom is -0.299 e. The van der Waals surface area contributed by atoms with E-state index < -0.39 is 5.41 Å². The fourth-order valence-corrected chi connectivity index (χ4v) is 1.39. The number of carbonyl (C=O) groups excluding carboxylic acids is 1. The largest absolute Gasteiger partial charge is 0.299 e. The Labute approximate surface area is 89.4 Å². The van der Waals surface area contributed by atoms with Crippen molar-refractivity contribution in [3.8, 4) is 0 Å². The Morgan fingerprint density at radius 2 is 1.93 bits per heavy atom. The van der Waals surface area contributed by atoms with E-state index in [1.54, 1.807) is 25.1 Å². The number of carbonyl (C=O) groups is 1. The second-order valence-electron chi connectivity index (χ2n) is 3.47. The number of hydrogen-bond donors (Lipinski definition) is 0. The maximum absolute atomic E-state index is 11.5. The number of halogens is 1. The molecule has 0 radical (unpaired) electrons. The first-order valence-corrected chi connectivity index (χ1v) is 4.79. The van der Waals surface area contributed by atoms with Gasteiger partial charge in [-0.1, -0.05) is 29.8 Å². The molecule has 74 valence electrons. The zero-order valence-electron chi connectivity index (χ0n) is 8.38. The second-order valence-corrected chi connectivity index (χ2v) is 3.91. The van der Waals surface area contributed by atoms with Crippen LogP contribution in [0.2, 0.25) is 5.02 Å². The van der Waals surface area contributed by atoms with Gasteiger partial charge in [0, 0.05) is 5.02 Å². The highest BCUT2D eigenvalue weighted by molar-refractivity contribution is 6.30. The first-order valence-electron chi connectivity index (χ1n) is 4.41. The van der Waals surface area contributed by atoms with Gasteiger partial charge in [0.25, 0.3) is 0 Å². The first kappa shape index (κ1) is 11.0. The quantitative estimate of drug-likeness (QED) is 0.697. The van der Waals surface area contributed by atoms with Crippen LogP contribution in [0.5, 0.6) is 0 Å². The third kappa shape index (κ3) is 1.88. The molecule has 1 nitrogen and oxygen atoms in total. The van der Waals surface area contributed by atoms with Gasteiger partial charge in [0.2, 0.25) is 0 Å². The van der Waals surface area contributed by atoms with Gasteiger partial charge in [0.15, 0.2) is 0 Å². The van der Waals surface area contributed by atoms with E-state index in [0.29, 0.717) is 5.02 Å². The van der Waals surface area contributed by atoms with E-state index in [1.807, 2.05) is 19.1 Å². The molecular formula is C12H13ClO. The summed E-state index contributed by atoms with van der Waals surface area (Å²) in [7, 11) is 0. The van der Waals surface area contributed by atoms with Gasteiger partial charge in [-0.15, -0.1) is 6.58 Å². The highest BCUT2D eigenvalue weighted by atomic mass is 35.5. The maximum atomic E-state index is 11.5. The van der Waals surface area contributed by atoms with E-state index in [1.165, 1.54) is 0 Å². The van der Waals surface area contributed by atoms with E-state index in [4.69, 9.17) is 11.6 Å². The Morgan fingerprint density at radius 3 is 2.29 bits per heavy atom. The van der Waals surface area contributed by atoms with E-state index in [-0.39, 0.29) is 5.78 Å². The average Bonchev–Trinajstić information content (AvgIpc) is 2.17. The van der Waals surface area contributed by atoms with Gasteiger partial charge in [-0.2, -0.15) is 0 Å². The molecule has 0 fully saturated rings. The Morgan fingerprint density at radius 1 is 1.43 bits per heavy atom. The summed E-state index contributed by atoms with van der Waals surface area (Å²) >= 11 is 5.77. The van der Waals surface area contributed by atoms with Crippen LogP contribution in [0.25, 0.3) is 0 Å². The number of Topliss-reactive ketones (excluding diaryl/α,β-unsaturated/α-hetero) is 1. The number of rotatable bonds is 3. The molecule has 0 bridgehead atoms. The number of allylic oxidation sites excluding steroid dienone is 1. The van der Waals surface area contributed by atoms with E-state index in [9.17, 15) is 4.79 Å². The molecule has 0 saturated carbocycles. The van der Waals surface area contributed by atoms with Gasteiger partial charge in [-0.05, 0) is 31.5 Å². The third-order valence-electron chi connectivity index (χ3n) is 2.58. The van der Waals surface area contributed by atoms with Gasteiger partial charge in [0.1, 0.15) is 5.78 Å². The summed E-state index contributed by atoms with van der Waals surface area (Å²) in [5.41, 5.74) is 0.314. The van der Waals surface area contributed by atoms with E-state index >= 15 is 0 Å². The van der Waals surface area contributed by atoms with Crippen molar-refractivity contribution in [1.82, 2.24) is 0 Å².